The normalized spacial score (nSPS) is 14.8. The summed E-state index contributed by atoms with van der Waals surface area (Å²) in [5, 5.41) is 5.64. The fraction of sp³-hybridized carbons (Fsp3) is 0.480. The molecule has 1 aliphatic rings. The van der Waals surface area contributed by atoms with Crippen molar-refractivity contribution in [1.29, 1.82) is 0 Å². The van der Waals surface area contributed by atoms with Gasteiger partial charge in [-0.1, -0.05) is 38.8 Å². The zero-order valence-electron chi connectivity index (χ0n) is 19.2. The van der Waals surface area contributed by atoms with Crippen molar-refractivity contribution in [1.82, 2.24) is 15.5 Å². The number of amides is 3. The Morgan fingerprint density at radius 2 is 1.82 bits per heavy atom. The van der Waals surface area contributed by atoms with Crippen LogP contribution in [0.4, 0.5) is 4.39 Å². The van der Waals surface area contributed by atoms with Gasteiger partial charge in [-0.15, -0.1) is 0 Å². The van der Waals surface area contributed by atoms with E-state index in [9.17, 15) is 18.8 Å². The number of carbonyl (C=O) groups is 3. The Labute approximate surface area is 193 Å². The lowest BCUT2D eigenvalue weighted by Gasteiger charge is -2.33. The van der Waals surface area contributed by atoms with E-state index in [1.54, 1.807) is 6.07 Å². The van der Waals surface area contributed by atoms with Gasteiger partial charge in [-0.3, -0.25) is 14.4 Å². The predicted molar refractivity (Wildman–Crippen MR) is 122 cm³/mol. The largest absolute Gasteiger partial charge is 0.459 e. The predicted octanol–water partition coefficient (Wildman–Crippen LogP) is 3.82. The summed E-state index contributed by atoms with van der Waals surface area (Å²) in [7, 11) is 0. The number of rotatable bonds is 10. The van der Waals surface area contributed by atoms with Gasteiger partial charge in [0, 0.05) is 12.6 Å². The van der Waals surface area contributed by atoms with Crippen LogP contribution in [-0.2, 0) is 9.59 Å². The van der Waals surface area contributed by atoms with Crippen molar-refractivity contribution in [3.8, 4) is 0 Å². The molecule has 1 aliphatic carbocycles. The molecule has 0 radical (unpaired) electrons. The molecule has 3 rings (SSSR count). The average Bonchev–Trinajstić information content (AvgIpc) is 3.50. The van der Waals surface area contributed by atoms with E-state index >= 15 is 0 Å². The van der Waals surface area contributed by atoms with Crippen LogP contribution in [0, 0.1) is 11.7 Å². The van der Waals surface area contributed by atoms with Crippen LogP contribution in [0.5, 0.6) is 0 Å². The molecule has 178 valence electrons. The number of benzene rings is 1. The molecule has 1 saturated carbocycles. The Morgan fingerprint density at radius 1 is 1.12 bits per heavy atom. The van der Waals surface area contributed by atoms with Gasteiger partial charge in [0.25, 0.3) is 5.91 Å². The Balaban J connectivity index is 1.83. The van der Waals surface area contributed by atoms with Crippen LogP contribution in [-0.4, -0.2) is 41.8 Å². The van der Waals surface area contributed by atoms with Crippen molar-refractivity contribution in [3.63, 3.8) is 0 Å². The third-order valence-corrected chi connectivity index (χ3v) is 5.86. The quantitative estimate of drug-likeness (QED) is 0.567. The maximum atomic E-state index is 13.6. The van der Waals surface area contributed by atoms with E-state index in [1.165, 1.54) is 41.5 Å². The van der Waals surface area contributed by atoms with E-state index in [0.717, 1.165) is 25.7 Å². The average molecular weight is 458 g/mol. The molecule has 3 amide bonds. The number of nitrogens with one attached hydrogen (secondary N) is 2. The maximum Gasteiger partial charge on any atom is 0.287 e. The molecule has 0 aliphatic heterocycles. The molecule has 0 unspecified atom stereocenters. The lowest BCUT2D eigenvalue weighted by molar-refractivity contribution is -0.140. The molecule has 8 heteroatoms. The minimum absolute atomic E-state index is 0.0705. The van der Waals surface area contributed by atoms with E-state index in [2.05, 4.69) is 10.6 Å². The Hall–Kier alpha value is -3.16. The van der Waals surface area contributed by atoms with Crippen molar-refractivity contribution in [3.05, 3.63) is 59.8 Å². The zero-order chi connectivity index (χ0) is 23.8. The number of halogens is 1. The van der Waals surface area contributed by atoms with Gasteiger partial charge >= 0.3 is 0 Å². The minimum Gasteiger partial charge on any atom is -0.459 e. The van der Waals surface area contributed by atoms with Gasteiger partial charge < -0.3 is 20.0 Å². The van der Waals surface area contributed by atoms with Crippen LogP contribution < -0.4 is 10.6 Å². The second-order valence-electron chi connectivity index (χ2n) is 8.87. The highest BCUT2D eigenvalue weighted by Crippen LogP contribution is 2.25. The second-order valence-corrected chi connectivity index (χ2v) is 8.87. The molecule has 0 saturated heterocycles. The van der Waals surface area contributed by atoms with E-state index < -0.39 is 23.7 Å². The Bertz CT molecular complexity index is 922. The molecule has 0 spiro atoms. The molecule has 2 aromatic rings. The van der Waals surface area contributed by atoms with Crippen molar-refractivity contribution in [2.24, 2.45) is 5.92 Å². The third kappa shape index (κ3) is 6.91. The summed E-state index contributed by atoms with van der Waals surface area (Å²) in [6.45, 7) is 4.11. The van der Waals surface area contributed by atoms with Crippen LogP contribution >= 0.6 is 0 Å². The van der Waals surface area contributed by atoms with E-state index in [4.69, 9.17) is 4.42 Å². The summed E-state index contributed by atoms with van der Waals surface area (Å²) in [5.74, 6) is -1.21. The van der Waals surface area contributed by atoms with Gasteiger partial charge in [0.1, 0.15) is 11.9 Å². The van der Waals surface area contributed by atoms with Gasteiger partial charge in [-0.25, -0.2) is 4.39 Å². The monoisotopic (exact) mass is 457 g/mol. The topological polar surface area (TPSA) is 91.7 Å². The SMILES string of the molecule is CC(C)CCN(C(=O)CNC(=O)c1ccco1)[C@@H](C(=O)NC1CCCC1)c1ccc(F)cc1. The van der Waals surface area contributed by atoms with Crippen LogP contribution in [0.3, 0.4) is 0 Å². The molecular formula is C25H32FN3O4. The Kier molecular flexibility index (Phi) is 8.63. The molecule has 2 N–H and O–H groups in total. The summed E-state index contributed by atoms with van der Waals surface area (Å²) in [4.78, 5) is 40.4. The Morgan fingerprint density at radius 3 is 2.42 bits per heavy atom. The lowest BCUT2D eigenvalue weighted by Crippen LogP contribution is -2.49. The van der Waals surface area contributed by atoms with Crippen molar-refractivity contribution in [2.75, 3.05) is 13.1 Å². The van der Waals surface area contributed by atoms with Gasteiger partial charge in [0.15, 0.2) is 5.76 Å². The van der Waals surface area contributed by atoms with Gasteiger partial charge in [0.2, 0.25) is 11.8 Å². The van der Waals surface area contributed by atoms with Crippen molar-refractivity contribution in [2.45, 2.75) is 58.0 Å². The van der Waals surface area contributed by atoms with Gasteiger partial charge in [-0.05, 0) is 55.0 Å². The standard InChI is InChI=1S/C25H32FN3O4/c1-17(2)13-14-29(22(30)16-27-24(31)21-8-5-15-33-21)23(18-9-11-19(26)12-10-18)25(32)28-20-6-3-4-7-20/h5,8-12,15,17,20,23H,3-4,6-7,13-14,16H2,1-2H3,(H,27,31)(H,28,32)/t23-/m1/s1. The highest BCUT2D eigenvalue weighted by molar-refractivity contribution is 5.95. The first-order valence-electron chi connectivity index (χ1n) is 11.5. The van der Waals surface area contributed by atoms with Crippen LogP contribution in [0.1, 0.15) is 68.1 Å². The molecule has 33 heavy (non-hydrogen) atoms. The van der Waals surface area contributed by atoms with Crippen LogP contribution in [0.25, 0.3) is 0 Å². The number of hydrogen-bond acceptors (Lipinski definition) is 4. The van der Waals surface area contributed by atoms with E-state index in [1.807, 2.05) is 13.8 Å². The van der Waals surface area contributed by atoms with E-state index in [-0.39, 0.29) is 24.3 Å². The molecule has 7 nitrogen and oxygen atoms in total. The van der Waals surface area contributed by atoms with Crippen LogP contribution in [0.15, 0.2) is 47.1 Å². The number of hydrogen-bond donors (Lipinski definition) is 2. The maximum absolute atomic E-state index is 13.6. The second kappa shape index (κ2) is 11.6. The minimum atomic E-state index is -0.919. The van der Waals surface area contributed by atoms with Crippen molar-refractivity contribution >= 4 is 17.7 Å². The molecule has 1 aromatic carbocycles. The molecule has 1 heterocycles. The summed E-state index contributed by atoms with van der Waals surface area (Å²) in [5.41, 5.74) is 0.529. The summed E-state index contributed by atoms with van der Waals surface area (Å²) >= 11 is 0. The molecular weight excluding hydrogens is 425 g/mol. The highest BCUT2D eigenvalue weighted by atomic mass is 19.1. The summed E-state index contributed by atoms with van der Waals surface area (Å²) in [6.07, 6.45) is 5.97. The zero-order valence-corrected chi connectivity index (χ0v) is 19.2. The van der Waals surface area contributed by atoms with Gasteiger partial charge in [-0.2, -0.15) is 0 Å². The number of carbonyl (C=O) groups excluding carboxylic acids is 3. The smallest absolute Gasteiger partial charge is 0.287 e. The highest BCUT2D eigenvalue weighted by Gasteiger charge is 2.33. The third-order valence-electron chi connectivity index (χ3n) is 5.86. The number of nitrogens with zero attached hydrogens (tertiary/aromatic N) is 1. The van der Waals surface area contributed by atoms with Crippen LogP contribution in [0.2, 0.25) is 0 Å². The molecule has 1 atom stereocenters. The molecule has 0 bridgehead atoms. The fourth-order valence-electron chi connectivity index (χ4n) is 4.02. The van der Waals surface area contributed by atoms with E-state index in [0.29, 0.717) is 24.4 Å². The number of furan rings is 1. The van der Waals surface area contributed by atoms with Gasteiger partial charge in [0.05, 0.1) is 12.8 Å². The summed E-state index contributed by atoms with van der Waals surface area (Å²) in [6, 6.07) is 7.88. The van der Waals surface area contributed by atoms with Crippen molar-refractivity contribution < 1.29 is 23.2 Å². The lowest BCUT2D eigenvalue weighted by atomic mass is 10.0. The molecule has 1 aromatic heterocycles. The first-order valence-corrected chi connectivity index (χ1v) is 11.5. The first kappa shape index (κ1) is 24.5. The first-order chi connectivity index (χ1) is 15.8. The summed E-state index contributed by atoms with van der Waals surface area (Å²) < 4.78 is 18.7. The molecule has 1 fully saturated rings. The fourth-order valence-corrected chi connectivity index (χ4v) is 4.02.